The lowest BCUT2D eigenvalue weighted by molar-refractivity contribution is 0.0939. The summed E-state index contributed by atoms with van der Waals surface area (Å²) in [5.41, 5.74) is 4.99. The smallest absolute Gasteiger partial charge is 0.332 e. The molecule has 34 heavy (non-hydrogen) atoms. The van der Waals surface area contributed by atoms with Crippen molar-refractivity contribution >= 4 is 17.1 Å². The molecule has 9 nitrogen and oxygen atoms in total. The number of benzene rings is 2. The number of aromatic nitrogens is 6. The monoisotopic (exact) mass is 451 g/mol. The minimum absolute atomic E-state index is 0.295. The van der Waals surface area contributed by atoms with E-state index in [2.05, 4.69) is 30.2 Å². The van der Waals surface area contributed by atoms with Gasteiger partial charge in [-0.05, 0) is 43.2 Å². The molecule has 2 aromatic carbocycles. The summed E-state index contributed by atoms with van der Waals surface area (Å²) in [4.78, 5) is 45.4. The number of rotatable bonds is 5. The number of H-pyrrole nitrogens is 1. The van der Waals surface area contributed by atoms with E-state index in [1.54, 1.807) is 30.9 Å². The van der Waals surface area contributed by atoms with Gasteiger partial charge in [0.15, 0.2) is 5.65 Å². The molecule has 3 aromatic heterocycles. The number of amides is 1. The number of aryl methyl sites for hydroxylation is 1. The molecular formula is C25H21N7O2. The Morgan fingerprint density at radius 3 is 2.59 bits per heavy atom. The Labute approximate surface area is 194 Å². The average Bonchev–Trinajstić information content (AvgIpc) is 3.20. The maximum atomic E-state index is 13.3. The Kier molecular flexibility index (Phi) is 5.43. The number of nitrogens with one attached hydrogen (secondary N) is 2. The lowest BCUT2D eigenvalue weighted by Crippen LogP contribution is -2.27. The summed E-state index contributed by atoms with van der Waals surface area (Å²) in [6.07, 6.45) is 7.70. The van der Waals surface area contributed by atoms with Crippen LogP contribution in [0, 0.1) is 6.92 Å². The first-order valence-corrected chi connectivity index (χ1v) is 10.7. The molecule has 168 valence electrons. The molecule has 0 aliphatic rings. The van der Waals surface area contributed by atoms with E-state index in [-0.39, 0.29) is 17.6 Å². The van der Waals surface area contributed by atoms with Crippen LogP contribution in [0.3, 0.4) is 0 Å². The predicted octanol–water partition coefficient (Wildman–Crippen LogP) is 3.37. The fourth-order valence-corrected chi connectivity index (χ4v) is 3.77. The normalized spacial score (nSPS) is 11.9. The zero-order valence-electron chi connectivity index (χ0n) is 18.6. The first-order valence-electron chi connectivity index (χ1n) is 10.7. The van der Waals surface area contributed by atoms with Crippen molar-refractivity contribution in [2.24, 2.45) is 0 Å². The van der Waals surface area contributed by atoms with Gasteiger partial charge in [-0.2, -0.15) is 0 Å². The molecular weight excluding hydrogens is 430 g/mol. The maximum absolute atomic E-state index is 13.3. The van der Waals surface area contributed by atoms with Gasteiger partial charge < -0.3 is 10.3 Å². The first kappa shape index (κ1) is 21.2. The molecule has 1 unspecified atom stereocenters. The van der Waals surface area contributed by atoms with E-state index in [1.165, 1.54) is 10.9 Å². The second kappa shape index (κ2) is 8.70. The van der Waals surface area contributed by atoms with Gasteiger partial charge in [0, 0.05) is 18.0 Å². The highest BCUT2D eigenvalue weighted by Crippen LogP contribution is 2.26. The summed E-state index contributed by atoms with van der Waals surface area (Å²) in [6.45, 7) is 3.85. The van der Waals surface area contributed by atoms with Crippen LogP contribution < -0.4 is 11.0 Å². The predicted molar refractivity (Wildman–Crippen MR) is 128 cm³/mol. The SMILES string of the molecule is Cc1ccc(-c2cc(C(=O)NC(C)c3cnccn3)cc(-n3c(=O)[nH]c4cncnc43)c2)cc1. The Morgan fingerprint density at radius 1 is 1.00 bits per heavy atom. The van der Waals surface area contributed by atoms with Crippen molar-refractivity contribution in [3.63, 3.8) is 0 Å². The van der Waals surface area contributed by atoms with Crippen LogP contribution >= 0.6 is 0 Å². The van der Waals surface area contributed by atoms with Gasteiger partial charge in [-0.1, -0.05) is 29.8 Å². The van der Waals surface area contributed by atoms with E-state index in [4.69, 9.17) is 0 Å². The Morgan fingerprint density at radius 2 is 1.82 bits per heavy atom. The number of carbonyl (C=O) groups is 1. The molecule has 9 heteroatoms. The maximum Gasteiger partial charge on any atom is 0.332 e. The largest absolute Gasteiger partial charge is 0.344 e. The second-order valence-corrected chi connectivity index (χ2v) is 7.99. The molecule has 0 spiro atoms. The van der Waals surface area contributed by atoms with Crippen LogP contribution in [0.5, 0.6) is 0 Å². The van der Waals surface area contributed by atoms with Gasteiger partial charge in [-0.15, -0.1) is 0 Å². The van der Waals surface area contributed by atoms with Crippen LogP contribution in [0.15, 0.2) is 78.4 Å². The van der Waals surface area contributed by atoms with E-state index < -0.39 is 0 Å². The lowest BCUT2D eigenvalue weighted by atomic mass is 10.00. The highest BCUT2D eigenvalue weighted by atomic mass is 16.2. The molecule has 5 rings (SSSR count). The highest BCUT2D eigenvalue weighted by Gasteiger charge is 2.17. The Balaban J connectivity index is 1.62. The van der Waals surface area contributed by atoms with Crippen molar-refractivity contribution < 1.29 is 4.79 Å². The van der Waals surface area contributed by atoms with Crippen molar-refractivity contribution in [2.75, 3.05) is 0 Å². The molecule has 0 radical (unpaired) electrons. The van der Waals surface area contributed by atoms with Crippen LogP contribution in [0.1, 0.15) is 34.6 Å². The van der Waals surface area contributed by atoms with Crippen LogP contribution in [0.2, 0.25) is 0 Å². The summed E-state index contributed by atoms with van der Waals surface area (Å²) in [6, 6.07) is 13.0. The molecule has 0 fully saturated rings. The van der Waals surface area contributed by atoms with E-state index in [9.17, 15) is 9.59 Å². The number of nitrogens with zero attached hydrogens (tertiary/aromatic N) is 5. The van der Waals surface area contributed by atoms with Gasteiger partial charge in [0.05, 0.1) is 29.8 Å². The molecule has 5 aromatic rings. The van der Waals surface area contributed by atoms with Gasteiger partial charge in [0.25, 0.3) is 5.91 Å². The molecule has 0 saturated heterocycles. The summed E-state index contributed by atoms with van der Waals surface area (Å²) < 4.78 is 1.44. The van der Waals surface area contributed by atoms with Gasteiger partial charge in [0.2, 0.25) is 0 Å². The third kappa shape index (κ3) is 4.06. The summed E-state index contributed by atoms with van der Waals surface area (Å²) in [7, 11) is 0. The minimum Gasteiger partial charge on any atom is -0.344 e. The van der Waals surface area contributed by atoms with Crippen molar-refractivity contribution in [1.29, 1.82) is 0 Å². The standard InChI is InChI=1S/C25H21N7O2/c1-15-3-5-17(6-4-15)18-9-19(24(33)30-16(2)21-12-26-7-8-28-21)11-20(10-18)32-23-22(31-25(32)34)13-27-14-29-23/h3-14,16H,1-2H3,(H,30,33)(H,31,34). The van der Waals surface area contributed by atoms with Gasteiger partial charge >= 0.3 is 5.69 Å². The van der Waals surface area contributed by atoms with Gasteiger partial charge in [-0.3, -0.25) is 14.8 Å². The second-order valence-electron chi connectivity index (χ2n) is 7.99. The van der Waals surface area contributed by atoms with E-state index in [0.717, 1.165) is 16.7 Å². The third-order valence-corrected chi connectivity index (χ3v) is 5.55. The molecule has 0 bridgehead atoms. The molecule has 2 N–H and O–H groups in total. The molecule has 1 atom stereocenters. The van der Waals surface area contributed by atoms with Crippen molar-refractivity contribution in [2.45, 2.75) is 19.9 Å². The summed E-state index contributed by atoms with van der Waals surface area (Å²) in [5, 5.41) is 2.96. The van der Waals surface area contributed by atoms with Crippen LogP contribution in [-0.2, 0) is 0 Å². The van der Waals surface area contributed by atoms with Crippen LogP contribution in [0.4, 0.5) is 0 Å². The first-order chi connectivity index (χ1) is 16.5. The number of imidazole rings is 1. The molecule has 0 aliphatic carbocycles. The van der Waals surface area contributed by atoms with Gasteiger partial charge in [-0.25, -0.2) is 19.3 Å². The molecule has 1 amide bonds. The van der Waals surface area contributed by atoms with E-state index in [1.807, 2.05) is 50.2 Å². The Hall–Kier alpha value is -4.66. The third-order valence-electron chi connectivity index (χ3n) is 5.55. The number of carbonyl (C=O) groups excluding carboxylic acids is 1. The van der Waals surface area contributed by atoms with Crippen LogP contribution in [0.25, 0.3) is 28.0 Å². The zero-order chi connectivity index (χ0) is 23.7. The fourth-order valence-electron chi connectivity index (χ4n) is 3.77. The lowest BCUT2D eigenvalue weighted by Gasteiger charge is -2.15. The van der Waals surface area contributed by atoms with Crippen LogP contribution in [-0.4, -0.2) is 35.4 Å². The molecule has 0 saturated carbocycles. The number of hydrogen-bond acceptors (Lipinski definition) is 6. The van der Waals surface area contributed by atoms with Crippen molar-refractivity contribution in [1.82, 2.24) is 34.8 Å². The van der Waals surface area contributed by atoms with E-state index in [0.29, 0.717) is 28.1 Å². The summed E-state index contributed by atoms with van der Waals surface area (Å²) in [5.74, 6) is -0.295. The molecule has 3 heterocycles. The quantitative estimate of drug-likeness (QED) is 0.423. The molecule has 0 aliphatic heterocycles. The van der Waals surface area contributed by atoms with E-state index >= 15 is 0 Å². The fraction of sp³-hybridized carbons (Fsp3) is 0.120. The number of hydrogen-bond donors (Lipinski definition) is 2. The average molecular weight is 451 g/mol. The zero-order valence-corrected chi connectivity index (χ0v) is 18.6. The summed E-state index contributed by atoms with van der Waals surface area (Å²) >= 11 is 0. The number of fused-ring (bicyclic) bond motifs is 1. The van der Waals surface area contributed by atoms with Gasteiger partial charge in [0.1, 0.15) is 11.8 Å². The number of aromatic amines is 1. The van der Waals surface area contributed by atoms with Crippen molar-refractivity contribution in [3.05, 3.63) is 101 Å². The highest BCUT2D eigenvalue weighted by molar-refractivity contribution is 5.96. The Bertz CT molecular complexity index is 1540. The topological polar surface area (TPSA) is 118 Å². The minimum atomic E-state index is -0.365. The van der Waals surface area contributed by atoms with Crippen molar-refractivity contribution in [3.8, 4) is 16.8 Å².